The second-order valence-corrected chi connectivity index (χ2v) is 5.29. The van der Waals surface area contributed by atoms with Crippen LogP contribution in [0.25, 0.3) is 16.8 Å². The van der Waals surface area contributed by atoms with Crippen molar-refractivity contribution >= 4 is 11.6 Å². The predicted molar refractivity (Wildman–Crippen MR) is 96.3 cm³/mol. The molecule has 0 atom stereocenters. The molecule has 0 radical (unpaired) electrons. The molecule has 25 heavy (non-hydrogen) atoms. The monoisotopic (exact) mass is 342 g/mol. The molecule has 0 saturated carbocycles. The summed E-state index contributed by atoms with van der Waals surface area (Å²) in [5.41, 5.74) is 8.24. The molecule has 0 bridgehead atoms. The first-order chi connectivity index (χ1) is 12.2. The summed E-state index contributed by atoms with van der Waals surface area (Å²) in [6, 6.07) is 7.72. The number of pyridine rings is 1. The molecule has 2 heterocycles. The molecule has 2 aromatic heterocycles. The molecule has 0 aliphatic rings. The van der Waals surface area contributed by atoms with E-state index in [4.69, 9.17) is 19.9 Å². The van der Waals surface area contributed by atoms with Crippen molar-refractivity contribution in [2.45, 2.75) is 20.8 Å². The van der Waals surface area contributed by atoms with Crippen LogP contribution < -0.4 is 19.9 Å². The van der Waals surface area contributed by atoms with Crippen molar-refractivity contribution in [2.24, 2.45) is 0 Å². The van der Waals surface area contributed by atoms with E-state index in [0.717, 1.165) is 11.1 Å². The van der Waals surface area contributed by atoms with Crippen LogP contribution in [0.4, 0.5) is 5.95 Å². The zero-order chi connectivity index (χ0) is 17.8. The first-order valence-electron chi connectivity index (χ1n) is 8.35. The van der Waals surface area contributed by atoms with Gasteiger partial charge in [-0.05, 0) is 50.6 Å². The average molecular weight is 342 g/mol. The molecular weight excluding hydrogens is 320 g/mol. The number of nitrogens with zero attached hydrogens (tertiary/aromatic N) is 3. The van der Waals surface area contributed by atoms with E-state index in [0.29, 0.717) is 42.7 Å². The Labute approximate surface area is 146 Å². The van der Waals surface area contributed by atoms with Gasteiger partial charge >= 0.3 is 0 Å². The molecule has 3 rings (SSSR count). The van der Waals surface area contributed by atoms with Gasteiger partial charge in [-0.2, -0.15) is 4.98 Å². The van der Waals surface area contributed by atoms with Gasteiger partial charge in [-0.15, -0.1) is 5.10 Å². The standard InChI is InChI=1S/C18H22N4O3/c1-4-23-14-9-13(10-15(24-5-2)17(14)25-6-3)12-7-8-16-20-18(19)21-22(16)11-12/h7-11H,4-6H2,1-3H3,(H2,19,21). The third kappa shape index (κ3) is 3.45. The highest BCUT2D eigenvalue weighted by atomic mass is 16.5. The molecule has 2 N–H and O–H groups in total. The maximum atomic E-state index is 5.77. The summed E-state index contributed by atoms with van der Waals surface area (Å²) in [7, 11) is 0. The molecule has 3 aromatic rings. The van der Waals surface area contributed by atoms with E-state index in [1.54, 1.807) is 4.52 Å². The van der Waals surface area contributed by atoms with E-state index in [1.165, 1.54) is 0 Å². The lowest BCUT2D eigenvalue weighted by Crippen LogP contribution is -2.03. The summed E-state index contributed by atoms with van der Waals surface area (Å²) in [4.78, 5) is 4.14. The van der Waals surface area contributed by atoms with Crippen LogP contribution in [0.2, 0.25) is 0 Å². The van der Waals surface area contributed by atoms with E-state index >= 15 is 0 Å². The fourth-order valence-electron chi connectivity index (χ4n) is 2.63. The van der Waals surface area contributed by atoms with Gasteiger partial charge in [-0.25, -0.2) is 4.52 Å². The van der Waals surface area contributed by atoms with Crippen LogP contribution in [-0.2, 0) is 0 Å². The molecule has 7 heteroatoms. The minimum absolute atomic E-state index is 0.244. The number of aromatic nitrogens is 3. The van der Waals surface area contributed by atoms with Crippen LogP contribution in [0.5, 0.6) is 17.2 Å². The van der Waals surface area contributed by atoms with Crippen molar-refractivity contribution in [2.75, 3.05) is 25.6 Å². The van der Waals surface area contributed by atoms with Crippen LogP contribution in [-0.4, -0.2) is 34.4 Å². The van der Waals surface area contributed by atoms with Gasteiger partial charge in [0.25, 0.3) is 0 Å². The van der Waals surface area contributed by atoms with Gasteiger partial charge in [-0.1, -0.05) is 0 Å². The summed E-state index contributed by atoms with van der Waals surface area (Å²) in [6.45, 7) is 7.41. The number of fused-ring (bicyclic) bond motifs is 1. The summed E-state index contributed by atoms with van der Waals surface area (Å²) in [5, 5.41) is 4.16. The third-order valence-electron chi connectivity index (χ3n) is 3.59. The minimum atomic E-state index is 0.244. The Balaban J connectivity index is 2.12. The molecular formula is C18H22N4O3. The Morgan fingerprint density at radius 3 is 2.16 bits per heavy atom. The van der Waals surface area contributed by atoms with Gasteiger partial charge in [0.15, 0.2) is 17.1 Å². The molecule has 0 aliphatic carbocycles. The zero-order valence-electron chi connectivity index (χ0n) is 14.7. The van der Waals surface area contributed by atoms with Crippen molar-refractivity contribution in [1.29, 1.82) is 0 Å². The topological polar surface area (TPSA) is 83.9 Å². The highest BCUT2D eigenvalue weighted by Gasteiger charge is 2.16. The van der Waals surface area contributed by atoms with Gasteiger partial charge in [0, 0.05) is 11.8 Å². The van der Waals surface area contributed by atoms with E-state index < -0.39 is 0 Å². The van der Waals surface area contributed by atoms with E-state index in [1.807, 2.05) is 51.2 Å². The summed E-state index contributed by atoms with van der Waals surface area (Å²) in [6.07, 6.45) is 1.87. The number of nitrogen functional groups attached to an aromatic ring is 1. The number of nitrogens with two attached hydrogens (primary N) is 1. The van der Waals surface area contributed by atoms with Gasteiger partial charge in [-0.3, -0.25) is 0 Å². The molecule has 1 aromatic carbocycles. The van der Waals surface area contributed by atoms with E-state index in [9.17, 15) is 0 Å². The van der Waals surface area contributed by atoms with Crippen LogP contribution in [0.3, 0.4) is 0 Å². The molecule has 0 unspecified atom stereocenters. The van der Waals surface area contributed by atoms with Crippen LogP contribution in [0.15, 0.2) is 30.5 Å². The van der Waals surface area contributed by atoms with Gasteiger partial charge in [0.1, 0.15) is 0 Å². The highest BCUT2D eigenvalue weighted by molar-refractivity contribution is 5.71. The zero-order valence-corrected chi connectivity index (χ0v) is 14.7. The largest absolute Gasteiger partial charge is 0.490 e. The van der Waals surface area contributed by atoms with E-state index in [2.05, 4.69) is 10.1 Å². The Morgan fingerprint density at radius 1 is 0.920 bits per heavy atom. The maximum absolute atomic E-state index is 5.77. The fraction of sp³-hybridized carbons (Fsp3) is 0.333. The maximum Gasteiger partial charge on any atom is 0.240 e. The van der Waals surface area contributed by atoms with Crippen molar-refractivity contribution in [3.63, 3.8) is 0 Å². The first kappa shape index (κ1) is 16.9. The number of benzene rings is 1. The molecule has 132 valence electrons. The minimum Gasteiger partial charge on any atom is -0.490 e. The Hall–Kier alpha value is -2.96. The molecule has 7 nitrogen and oxygen atoms in total. The molecule has 0 fully saturated rings. The number of hydrogen-bond acceptors (Lipinski definition) is 6. The van der Waals surface area contributed by atoms with Crippen molar-refractivity contribution in [3.05, 3.63) is 30.5 Å². The second kappa shape index (κ2) is 7.29. The van der Waals surface area contributed by atoms with Crippen LogP contribution in [0.1, 0.15) is 20.8 Å². The molecule has 0 saturated heterocycles. The Bertz CT molecular complexity index is 849. The fourth-order valence-corrected chi connectivity index (χ4v) is 2.63. The lowest BCUT2D eigenvalue weighted by Gasteiger charge is -2.17. The molecule has 0 aliphatic heterocycles. The lowest BCUT2D eigenvalue weighted by molar-refractivity contribution is 0.261. The first-order valence-corrected chi connectivity index (χ1v) is 8.35. The summed E-state index contributed by atoms with van der Waals surface area (Å²) >= 11 is 0. The number of rotatable bonds is 7. The normalized spacial score (nSPS) is 10.8. The van der Waals surface area contributed by atoms with Crippen molar-refractivity contribution in [1.82, 2.24) is 14.6 Å². The lowest BCUT2D eigenvalue weighted by atomic mass is 10.1. The quantitative estimate of drug-likeness (QED) is 0.710. The number of anilines is 1. The predicted octanol–water partition coefficient (Wildman–Crippen LogP) is 3.17. The van der Waals surface area contributed by atoms with E-state index in [-0.39, 0.29) is 5.95 Å². The third-order valence-corrected chi connectivity index (χ3v) is 3.59. The van der Waals surface area contributed by atoms with Gasteiger partial charge in [0.05, 0.1) is 19.8 Å². The van der Waals surface area contributed by atoms with Crippen molar-refractivity contribution in [3.8, 4) is 28.4 Å². The molecule has 0 spiro atoms. The van der Waals surface area contributed by atoms with Crippen LogP contribution in [0, 0.1) is 0 Å². The Kier molecular flexibility index (Phi) is 4.92. The second-order valence-electron chi connectivity index (χ2n) is 5.29. The Morgan fingerprint density at radius 2 is 1.56 bits per heavy atom. The van der Waals surface area contributed by atoms with Gasteiger partial charge < -0.3 is 19.9 Å². The number of ether oxygens (including phenoxy) is 3. The average Bonchev–Trinajstić information content (AvgIpc) is 2.97. The smallest absolute Gasteiger partial charge is 0.240 e. The van der Waals surface area contributed by atoms with Gasteiger partial charge in [0.2, 0.25) is 11.7 Å². The molecule has 0 amide bonds. The number of hydrogen-bond donors (Lipinski definition) is 1. The van der Waals surface area contributed by atoms with Crippen LogP contribution >= 0.6 is 0 Å². The SMILES string of the molecule is CCOc1cc(-c2ccc3nc(N)nn3c2)cc(OCC)c1OCC. The van der Waals surface area contributed by atoms with Crippen molar-refractivity contribution < 1.29 is 14.2 Å². The summed E-state index contributed by atoms with van der Waals surface area (Å²) < 4.78 is 18.9. The highest BCUT2D eigenvalue weighted by Crippen LogP contribution is 2.41. The summed E-state index contributed by atoms with van der Waals surface area (Å²) in [5.74, 6) is 2.18.